The molecule has 0 aliphatic heterocycles. The van der Waals surface area contributed by atoms with Gasteiger partial charge in [-0.3, -0.25) is 13.7 Å². The number of rotatable bonds is 3. The Morgan fingerprint density at radius 3 is 1.06 bits per heavy atom. The lowest BCUT2D eigenvalue weighted by Gasteiger charge is -2.15. The fourth-order valence-electron chi connectivity index (χ4n) is 7.54. The molecule has 0 aliphatic carbocycles. The lowest BCUT2D eigenvalue weighted by atomic mass is 10.1. The van der Waals surface area contributed by atoms with Gasteiger partial charge in [0.15, 0.2) is 0 Å². The SMILES string of the molecule is Cc1ccc2c(c1)c1cc(C)ccc1n2-c1nc(-n2c3ccccc3c3ccccc32)cc(-n2c3ccccc3c3ccccc32)n1. The summed E-state index contributed by atoms with van der Waals surface area (Å²) >= 11 is 0. The van der Waals surface area contributed by atoms with E-state index in [1.54, 1.807) is 0 Å². The number of nitrogens with zero attached hydrogens (tertiary/aromatic N) is 5. The van der Waals surface area contributed by atoms with E-state index in [4.69, 9.17) is 9.97 Å². The maximum atomic E-state index is 5.44. The van der Waals surface area contributed by atoms with E-state index in [-0.39, 0.29) is 0 Å². The summed E-state index contributed by atoms with van der Waals surface area (Å²) in [7, 11) is 0. The summed E-state index contributed by atoms with van der Waals surface area (Å²) in [6.45, 7) is 4.30. The number of hydrogen-bond acceptors (Lipinski definition) is 2. The van der Waals surface area contributed by atoms with Gasteiger partial charge < -0.3 is 0 Å². The molecule has 0 unspecified atom stereocenters. The summed E-state index contributed by atoms with van der Waals surface area (Å²) in [6.07, 6.45) is 0. The summed E-state index contributed by atoms with van der Waals surface area (Å²) in [6, 6.07) is 49.8. The van der Waals surface area contributed by atoms with Crippen LogP contribution in [0.1, 0.15) is 11.1 Å². The quantitative estimate of drug-likeness (QED) is 0.202. The minimum Gasteiger partial charge on any atom is -0.294 e. The van der Waals surface area contributed by atoms with Crippen molar-refractivity contribution in [2.45, 2.75) is 13.8 Å². The third-order valence-corrected chi connectivity index (χ3v) is 9.58. The lowest BCUT2D eigenvalue weighted by molar-refractivity contribution is 0.918. The van der Waals surface area contributed by atoms with Crippen molar-refractivity contribution in [3.05, 3.63) is 151 Å². The number of aromatic nitrogens is 5. The zero-order valence-corrected chi connectivity index (χ0v) is 26.0. The Balaban J connectivity index is 1.38. The van der Waals surface area contributed by atoms with Crippen LogP contribution in [0.2, 0.25) is 0 Å². The van der Waals surface area contributed by atoms with Crippen molar-refractivity contribution in [3.63, 3.8) is 0 Å². The second-order valence-electron chi connectivity index (χ2n) is 12.5. The maximum absolute atomic E-state index is 5.44. The number of hydrogen-bond donors (Lipinski definition) is 0. The van der Waals surface area contributed by atoms with E-state index < -0.39 is 0 Å². The van der Waals surface area contributed by atoms with Gasteiger partial charge in [-0.05, 0) is 62.4 Å². The molecule has 4 aromatic heterocycles. The largest absolute Gasteiger partial charge is 0.294 e. The minimum absolute atomic E-state index is 0.633. The van der Waals surface area contributed by atoms with E-state index in [9.17, 15) is 0 Å². The Bertz CT molecular complexity index is 2580. The van der Waals surface area contributed by atoms with Crippen LogP contribution in [0.25, 0.3) is 83.0 Å². The van der Waals surface area contributed by atoms with Crippen molar-refractivity contribution in [1.82, 2.24) is 23.7 Å². The van der Waals surface area contributed by atoms with Gasteiger partial charge in [-0.1, -0.05) is 96.1 Å². The van der Waals surface area contributed by atoms with Crippen molar-refractivity contribution >= 4 is 65.4 Å². The molecule has 222 valence electrons. The Hall–Kier alpha value is -6.20. The molecule has 0 saturated carbocycles. The highest BCUT2D eigenvalue weighted by molar-refractivity contribution is 6.11. The highest BCUT2D eigenvalue weighted by Crippen LogP contribution is 2.37. The first kappa shape index (κ1) is 26.1. The van der Waals surface area contributed by atoms with Gasteiger partial charge in [0.2, 0.25) is 5.95 Å². The van der Waals surface area contributed by atoms with Crippen LogP contribution >= 0.6 is 0 Å². The topological polar surface area (TPSA) is 40.6 Å². The predicted molar refractivity (Wildman–Crippen MR) is 195 cm³/mol. The highest BCUT2D eigenvalue weighted by Gasteiger charge is 2.21. The van der Waals surface area contributed by atoms with Crippen molar-refractivity contribution < 1.29 is 0 Å². The van der Waals surface area contributed by atoms with Gasteiger partial charge in [0, 0.05) is 38.4 Å². The van der Waals surface area contributed by atoms with E-state index >= 15 is 0 Å². The molecule has 0 amide bonds. The molecular formula is C42H29N5. The summed E-state index contributed by atoms with van der Waals surface area (Å²) in [5, 5.41) is 7.20. The predicted octanol–water partition coefficient (Wildman–Crippen LogP) is 10.4. The van der Waals surface area contributed by atoms with Gasteiger partial charge >= 0.3 is 0 Å². The Morgan fingerprint density at radius 1 is 0.340 bits per heavy atom. The van der Waals surface area contributed by atoms with Crippen LogP contribution < -0.4 is 0 Å². The van der Waals surface area contributed by atoms with Crippen molar-refractivity contribution in [2.75, 3.05) is 0 Å². The summed E-state index contributed by atoms with van der Waals surface area (Å²) in [4.78, 5) is 10.9. The second-order valence-corrected chi connectivity index (χ2v) is 12.5. The Labute approximate surface area is 270 Å². The molecule has 0 radical (unpaired) electrons. The first-order valence-electron chi connectivity index (χ1n) is 16.0. The van der Waals surface area contributed by atoms with Crippen LogP contribution in [0.15, 0.2) is 140 Å². The van der Waals surface area contributed by atoms with Gasteiger partial charge in [0.1, 0.15) is 11.6 Å². The van der Waals surface area contributed by atoms with Gasteiger partial charge in [-0.2, -0.15) is 9.97 Å². The van der Waals surface area contributed by atoms with Crippen LogP contribution in [0.3, 0.4) is 0 Å². The van der Waals surface area contributed by atoms with Crippen LogP contribution in [0.4, 0.5) is 0 Å². The fraction of sp³-hybridized carbons (Fsp3) is 0.0476. The van der Waals surface area contributed by atoms with Gasteiger partial charge in [-0.25, -0.2) is 0 Å². The maximum Gasteiger partial charge on any atom is 0.238 e. The molecule has 4 heterocycles. The van der Waals surface area contributed by atoms with Gasteiger partial charge in [-0.15, -0.1) is 0 Å². The summed E-state index contributed by atoms with van der Waals surface area (Å²) in [5.74, 6) is 2.27. The molecular weight excluding hydrogens is 574 g/mol. The molecule has 0 aliphatic rings. The average Bonchev–Trinajstić information content (AvgIpc) is 3.73. The number of benzene rings is 6. The molecule has 10 rings (SSSR count). The van der Waals surface area contributed by atoms with E-state index in [0.717, 1.165) is 44.7 Å². The molecule has 0 bridgehead atoms. The Morgan fingerprint density at radius 2 is 0.681 bits per heavy atom. The van der Waals surface area contributed by atoms with E-state index in [1.807, 2.05) is 0 Å². The fourth-order valence-corrected chi connectivity index (χ4v) is 7.54. The zero-order valence-electron chi connectivity index (χ0n) is 26.0. The summed E-state index contributed by atoms with van der Waals surface area (Å²) < 4.78 is 6.81. The van der Waals surface area contributed by atoms with Crippen molar-refractivity contribution in [1.29, 1.82) is 0 Å². The molecule has 6 aromatic carbocycles. The molecule has 0 N–H and O–H groups in total. The van der Waals surface area contributed by atoms with Crippen LogP contribution in [0.5, 0.6) is 0 Å². The van der Waals surface area contributed by atoms with Crippen LogP contribution in [-0.4, -0.2) is 23.7 Å². The second kappa shape index (κ2) is 9.65. The standard InChI is InChI=1S/C42H29N5/c1-26-19-21-38-32(23-26)33-24-27(2)20-22-39(33)47(38)42-43-40(45-34-15-7-3-11-28(34)29-12-4-8-16-35(29)45)25-41(44-42)46-36-17-9-5-13-30(36)31-14-6-10-18-37(31)46/h3-25H,1-2H3. The first-order valence-corrected chi connectivity index (χ1v) is 16.0. The molecule has 0 atom stereocenters. The smallest absolute Gasteiger partial charge is 0.238 e. The van der Waals surface area contributed by atoms with Crippen LogP contribution in [-0.2, 0) is 0 Å². The summed E-state index contributed by atoms with van der Waals surface area (Å²) in [5.41, 5.74) is 9.07. The molecule has 5 heteroatoms. The molecule has 10 aromatic rings. The highest BCUT2D eigenvalue weighted by atomic mass is 15.2. The monoisotopic (exact) mass is 603 g/mol. The van der Waals surface area contributed by atoms with Crippen molar-refractivity contribution in [2.24, 2.45) is 0 Å². The Kier molecular flexibility index (Phi) is 5.35. The molecule has 0 fully saturated rings. The third-order valence-electron chi connectivity index (χ3n) is 9.58. The van der Waals surface area contributed by atoms with Gasteiger partial charge in [0.05, 0.1) is 33.1 Å². The number of para-hydroxylation sites is 4. The van der Waals surface area contributed by atoms with E-state index in [0.29, 0.717) is 5.95 Å². The first-order chi connectivity index (χ1) is 23.1. The lowest BCUT2D eigenvalue weighted by Crippen LogP contribution is -2.10. The van der Waals surface area contributed by atoms with Crippen LogP contribution in [0, 0.1) is 13.8 Å². The van der Waals surface area contributed by atoms with E-state index in [1.165, 1.54) is 43.4 Å². The number of aryl methyl sites for hydroxylation is 2. The van der Waals surface area contributed by atoms with Crippen molar-refractivity contribution in [3.8, 4) is 17.6 Å². The normalized spacial score (nSPS) is 12.0. The average molecular weight is 604 g/mol. The van der Waals surface area contributed by atoms with E-state index in [2.05, 4.69) is 167 Å². The zero-order chi connectivity index (χ0) is 31.2. The molecule has 0 saturated heterocycles. The third kappa shape index (κ3) is 3.71. The van der Waals surface area contributed by atoms with Gasteiger partial charge in [0.25, 0.3) is 0 Å². The number of fused-ring (bicyclic) bond motifs is 9. The molecule has 0 spiro atoms. The minimum atomic E-state index is 0.633. The molecule has 5 nitrogen and oxygen atoms in total. The molecule has 47 heavy (non-hydrogen) atoms.